The Morgan fingerprint density at radius 1 is 0.460 bits per heavy atom. The van der Waals surface area contributed by atoms with Gasteiger partial charge in [0.1, 0.15) is 60.4 Å². The molecule has 137 heavy (non-hydrogen) atoms. The zero-order valence-corrected chi connectivity index (χ0v) is 79.4. The van der Waals surface area contributed by atoms with E-state index in [0.29, 0.717) is 56.0 Å². The third kappa shape index (κ3) is 33.6. The smallest absolute Gasteiger partial charge is 0.317 e. The number of benzene rings is 3. The van der Waals surface area contributed by atoms with Crippen LogP contribution in [0.3, 0.4) is 0 Å². The van der Waals surface area contributed by atoms with E-state index in [2.05, 4.69) is 68.5 Å². The van der Waals surface area contributed by atoms with Gasteiger partial charge in [-0.05, 0) is 84.9 Å². The molecule has 2 fully saturated rings. The van der Waals surface area contributed by atoms with Crippen molar-refractivity contribution in [3.8, 4) is 0 Å². The molecule has 0 spiro atoms. The fraction of sp³-hybridized carbons (Fsp3) is 0.544. The molecular weight excluding hydrogens is 1840 g/mol. The summed E-state index contributed by atoms with van der Waals surface area (Å²) in [6, 6.07) is 1.73. The molecule has 13 atom stereocenters. The lowest BCUT2D eigenvalue weighted by Crippen LogP contribution is -2.62. The Hall–Kier alpha value is -12.3. The van der Waals surface area contributed by atoms with Crippen LogP contribution in [0.2, 0.25) is 0 Å². The number of fused-ring (bicyclic) bond motifs is 8. The number of nitrogens with one attached hydrogen (secondary N) is 13. The number of primary amides is 1. The van der Waals surface area contributed by atoms with Gasteiger partial charge in [0.15, 0.2) is 5.78 Å². The molecule has 0 unspecified atom stereocenters. The molecule has 9 rings (SSSR count). The van der Waals surface area contributed by atoms with Gasteiger partial charge in [-0.3, -0.25) is 111 Å². The first kappa shape index (κ1) is 108. The normalized spacial score (nSPS) is 24.0. The number of aliphatic carboxylic acids is 5. The van der Waals surface area contributed by atoms with Crippen LogP contribution in [0, 0.1) is 17.8 Å². The second-order valence-electron chi connectivity index (χ2n) is 35.2. The van der Waals surface area contributed by atoms with Crippen molar-refractivity contribution in [3.63, 3.8) is 0 Å². The number of aromatic amines is 2. The number of carbonyl (C=O) groups excluding carboxylic acids is 14. The highest BCUT2D eigenvalue weighted by Gasteiger charge is 2.43. The van der Waals surface area contributed by atoms with Crippen LogP contribution in [0.15, 0.2) is 79.1 Å². The molecule has 3 aromatic carbocycles. The van der Waals surface area contributed by atoms with E-state index < -0.39 is 261 Å². The molecule has 0 saturated carbocycles. The minimum atomic E-state index is -1.97. The number of Topliss-reactive ketones (excluding diaryl/α,β-unsaturated/α-hetero) is 1. The molecule has 746 valence electrons. The maximum atomic E-state index is 15.6. The van der Waals surface area contributed by atoms with E-state index in [9.17, 15) is 103 Å². The fourth-order valence-corrected chi connectivity index (χ4v) is 19.4. The lowest BCUT2D eigenvalue weighted by Gasteiger charge is -2.33. The first-order chi connectivity index (χ1) is 65.1. The van der Waals surface area contributed by atoms with Gasteiger partial charge >= 0.3 is 29.8 Å². The highest BCUT2D eigenvalue weighted by molar-refractivity contribution is 7.99. The lowest BCUT2D eigenvalue weighted by molar-refractivity contribution is -0.143. The number of thioether (sulfide) groups is 3. The number of carboxylic acid groups (broad SMARTS) is 5. The number of nitrogens with two attached hydrogens (primary N) is 1. The Morgan fingerprint density at radius 3 is 1.42 bits per heavy atom. The zero-order chi connectivity index (χ0) is 100. The Morgan fingerprint density at radius 2 is 0.920 bits per heavy atom. The van der Waals surface area contributed by atoms with Gasteiger partial charge in [-0.2, -0.15) is 35.3 Å². The zero-order valence-electron chi connectivity index (χ0n) is 76.9. The summed E-state index contributed by atoms with van der Waals surface area (Å²) in [4.78, 5) is 281. The number of carbonyl (C=O) groups is 19. The quantitative estimate of drug-likeness (QED) is 0.0285. The van der Waals surface area contributed by atoms with Crippen LogP contribution in [0.4, 0.5) is 0 Å². The van der Waals surface area contributed by atoms with Crippen LogP contribution >= 0.6 is 35.3 Å². The van der Waals surface area contributed by atoms with Crippen LogP contribution in [0.5, 0.6) is 0 Å². The number of hydrogen-bond acceptors (Lipinski definition) is 27. The second-order valence-corrected chi connectivity index (χ2v) is 38.3. The predicted octanol–water partition coefficient (Wildman–Crippen LogP) is -2.60. The van der Waals surface area contributed by atoms with Crippen LogP contribution < -0.4 is 64.2 Å². The van der Waals surface area contributed by atoms with Crippen molar-refractivity contribution < 1.29 is 122 Å². The fourth-order valence-electron chi connectivity index (χ4n) is 16.3. The van der Waals surface area contributed by atoms with Crippen LogP contribution in [0.1, 0.15) is 108 Å². The standard InChI is InChI=1S/C90H123N19O25S3/c1-48(2)77-88(132)99-65(34-73(116)117)82(126)94-37-70(112)96-63(31-55-35-92-60-14-9-7-12-58(55)60)84(128)103-78(49(3)4)90(134)109-19-11-16-68(109)87(131)100-66(80(91)124)46-136-43-53-28-52-29-54(30-53)44-137-47-67(86(130)98-64(85(129)102-77)32-56-36-93-61-15-10-8-13-59(56)61)101-83(127)62(17-18-72(114)115)97-89(133)79(51(6)110)104-81(125)57(45-135-42-52)33-69(111)50(5)95-71(113)38-105-20-22-106(39-74(118)119)24-26-108(41-76(122)123)27-25-107(23-21-105)40-75(120)121/h7-10,12-15,28-30,35-36,48-51,57,62-68,77-79,92-93,110H,11,16-27,31-34,37-47H2,1-6H3,(H2,91,124)(H,94,126)(H,95,113)(H,96,112)(H,97,133)(H,98,130)(H,99,132)(H,100,131)(H,101,127)(H,102,129)(H,103,128)(H,104,125)(H,114,115)(H,116,117)(H,118,119)(H,120,121)(H,122,123)/t50-,51+,57-,62-,63-,64-,65-,66-,67-,68-,77-,78-,79-/m0/s1. The molecule has 4 aliphatic heterocycles. The molecule has 6 heterocycles. The number of nitrogens with zero attached hydrogens (tertiary/aromatic N) is 5. The Balaban J connectivity index is 1.07. The number of amides is 13. The van der Waals surface area contributed by atoms with E-state index in [1.165, 1.54) is 37.4 Å². The molecule has 0 aliphatic carbocycles. The minimum Gasteiger partial charge on any atom is -0.481 e. The van der Waals surface area contributed by atoms with Gasteiger partial charge in [0.05, 0.1) is 57.2 Å². The topological polar surface area (TPSA) is 652 Å². The molecule has 47 heteroatoms. The first-order valence-corrected chi connectivity index (χ1v) is 48.6. The molecule has 5 aromatic rings. The van der Waals surface area contributed by atoms with E-state index in [-0.39, 0.29) is 113 Å². The molecule has 4 bridgehead atoms. The SMILES string of the molecule is CC(C)[C@@H]1NC(=O)[C@H](Cc2c[nH]c3ccccc23)NC(=O)[C@@H]2CSCc3cc(cc(c3)CSC[C@@H](C(N)=O)NC(=O)[C@@H]3CCCN3C(=O)[C@H](C(C)C)NC(=O)[C@H](Cc3c[nH]c4ccccc34)NC(=O)CNC(=O)[C@H](CC(=O)O)NC1=O)CSC[C@H](CC(=O)[C@H](C)NC(=O)CN1CCN(CC(=O)O)CCN(CC(=O)O)CCN(CC(=O)O)CC1)C(=O)N[C@@H]([C@@H](C)O)C(=O)N[C@@H](CCC(=O)O)C(=O)N2. The number of H-pyrrole nitrogens is 2. The van der Waals surface area contributed by atoms with Gasteiger partial charge in [-0.25, -0.2) is 0 Å². The van der Waals surface area contributed by atoms with Crippen LogP contribution in [0.25, 0.3) is 21.8 Å². The molecule has 2 saturated heterocycles. The summed E-state index contributed by atoms with van der Waals surface area (Å²) in [7, 11) is 0. The predicted molar refractivity (Wildman–Crippen MR) is 503 cm³/mol. The monoisotopic (exact) mass is 1970 g/mol. The maximum Gasteiger partial charge on any atom is 0.317 e. The number of rotatable bonds is 25. The molecule has 44 nitrogen and oxygen atoms in total. The van der Waals surface area contributed by atoms with Gasteiger partial charge in [-0.15, -0.1) is 0 Å². The molecule has 4 aliphatic rings. The van der Waals surface area contributed by atoms with E-state index in [0.717, 1.165) is 30.4 Å². The van der Waals surface area contributed by atoms with Crippen molar-refractivity contribution in [2.75, 3.05) is 109 Å². The Labute approximate surface area is 802 Å². The number of hydrogen-bond donors (Lipinski definition) is 20. The van der Waals surface area contributed by atoms with Crippen LogP contribution in [-0.4, -0.2) is 359 Å². The summed E-state index contributed by atoms with van der Waals surface area (Å²) in [5.74, 6) is -23.6. The largest absolute Gasteiger partial charge is 0.481 e. The lowest BCUT2D eigenvalue weighted by atomic mass is 9.98. The van der Waals surface area contributed by atoms with E-state index in [1.54, 1.807) is 113 Å². The molecule has 2 aromatic heterocycles. The first-order valence-electron chi connectivity index (χ1n) is 45.1. The van der Waals surface area contributed by atoms with E-state index in [1.807, 2.05) is 0 Å². The number of ketones is 1. The molecule has 0 radical (unpaired) electrons. The van der Waals surface area contributed by atoms with Crippen molar-refractivity contribution in [2.24, 2.45) is 23.5 Å². The number of aromatic nitrogens is 2. The van der Waals surface area contributed by atoms with E-state index in [4.69, 9.17) is 5.73 Å². The van der Waals surface area contributed by atoms with Crippen LogP contribution in [-0.2, 0) is 121 Å². The van der Waals surface area contributed by atoms with E-state index >= 15 is 19.2 Å². The van der Waals surface area contributed by atoms with Crippen molar-refractivity contribution >= 4 is 170 Å². The Bertz CT molecular complexity index is 5180. The van der Waals surface area contributed by atoms with Crippen molar-refractivity contribution in [1.82, 2.24) is 93.0 Å². The van der Waals surface area contributed by atoms with Crippen molar-refractivity contribution in [2.45, 2.75) is 183 Å². The number of carboxylic acids is 5. The maximum absolute atomic E-state index is 15.6. The van der Waals surface area contributed by atoms with Gasteiger partial charge in [0, 0.05) is 153 Å². The number of para-hydroxylation sites is 2. The summed E-state index contributed by atoms with van der Waals surface area (Å²) in [6.45, 7) is 6.81. The average molecular weight is 1970 g/mol. The van der Waals surface area contributed by atoms with Gasteiger partial charge < -0.3 is 110 Å². The average Bonchev–Trinajstić information content (AvgIpc) is 1.76. The van der Waals surface area contributed by atoms with Gasteiger partial charge in [0.25, 0.3) is 0 Å². The Kier molecular flexibility index (Phi) is 41.4. The third-order valence-corrected chi connectivity index (χ3v) is 27.1. The highest BCUT2D eigenvalue weighted by Crippen LogP contribution is 2.29. The van der Waals surface area contributed by atoms with Crippen molar-refractivity contribution in [3.05, 3.63) is 107 Å². The molecule has 21 N–H and O–H groups in total. The summed E-state index contributed by atoms with van der Waals surface area (Å²) in [6.07, 6.45) is -1.96. The molecule has 13 amide bonds. The minimum absolute atomic E-state index is 0.00931. The highest BCUT2D eigenvalue weighted by atomic mass is 32.2. The summed E-state index contributed by atoms with van der Waals surface area (Å²) >= 11 is 3.38. The van der Waals surface area contributed by atoms with Gasteiger partial charge in [0.2, 0.25) is 76.8 Å². The van der Waals surface area contributed by atoms with Gasteiger partial charge in [-0.1, -0.05) is 82.3 Å². The molecular formula is C90H123N19O25S3. The summed E-state index contributed by atoms with van der Waals surface area (Å²) < 4.78 is 0. The third-order valence-electron chi connectivity index (χ3n) is 23.7. The summed E-state index contributed by atoms with van der Waals surface area (Å²) in [5, 5.41) is 90.7. The summed E-state index contributed by atoms with van der Waals surface area (Å²) in [5.41, 5.74) is 10.0. The van der Waals surface area contributed by atoms with Crippen molar-refractivity contribution in [1.29, 1.82) is 0 Å². The number of aliphatic hydroxyl groups excluding tert-OH is 1. The number of aliphatic hydroxyl groups is 1. The second kappa shape index (κ2) is 52.3.